The fraction of sp³-hybridized carbons (Fsp3) is 0.167. The van der Waals surface area contributed by atoms with Crippen LogP contribution in [0.25, 0.3) is 5.69 Å². The lowest BCUT2D eigenvalue weighted by Crippen LogP contribution is -2.30. The minimum Gasteiger partial charge on any atom is -0.270 e. The summed E-state index contributed by atoms with van der Waals surface area (Å²) in [7, 11) is 0. The van der Waals surface area contributed by atoms with Crippen molar-refractivity contribution in [2.24, 2.45) is 5.84 Å². The molecule has 0 radical (unpaired) electrons. The van der Waals surface area contributed by atoms with Crippen molar-refractivity contribution in [3.63, 3.8) is 0 Å². The second kappa shape index (κ2) is 5.45. The topological polar surface area (TPSA) is 94.5 Å². The first-order valence-electron chi connectivity index (χ1n) is 6.02. The van der Waals surface area contributed by atoms with Gasteiger partial charge in [0.05, 0.1) is 28.1 Å². The van der Waals surface area contributed by atoms with Gasteiger partial charge < -0.3 is 0 Å². The van der Waals surface area contributed by atoms with Crippen LogP contribution < -0.4 is 11.3 Å². The van der Waals surface area contributed by atoms with Gasteiger partial charge in [-0.3, -0.25) is 5.84 Å². The first-order valence-corrected chi connectivity index (χ1v) is 6.79. The quantitative estimate of drug-likeness (QED) is 0.548. The van der Waals surface area contributed by atoms with Gasteiger partial charge >= 0.3 is 0 Å². The first kappa shape index (κ1) is 12.9. The largest absolute Gasteiger partial charge is 0.270 e. The molecule has 1 unspecified atom stereocenters. The average Bonchev–Trinajstić information content (AvgIpc) is 3.11. The highest BCUT2D eigenvalue weighted by atomic mass is 32.1. The number of nitrogens with two attached hydrogens (primary N) is 1. The molecule has 0 aliphatic heterocycles. The zero-order valence-corrected chi connectivity index (χ0v) is 11.6. The van der Waals surface area contributed by atoms with Crippen LogP contribution in [-0.4, -0.2) is 24.6 Å². The van der Waals surface area contributed by atoms with Gasteiger partial charge in [0.15, 0.2) is 0 Å². The van der Waals surface area contributed by atoms with E-state index in [0.29, 0.717) is 0 Å². The third-order valence-corrected chi connectivity index (χ3v) is 3.88. The molecule has 0 amide bonds. The number of aromatic nitrogens is 5. The Hall–Kier alpha value is -2.16. The van der Waals surface area contributed by atoms with Gasteiger partial charge in [-0.1, -0.05) is 27.9 Å². The van der Waals surface area contributed by atoms with Crippen LogP contribution in [0.15, 0.2) is 36.5 Å². The number of aryl methyl sites for hydroxylation is 1. The SMILES string of the molecule is Cc1nnsc1C(NN)c1cnnn1-c1ccccc1. The summed E-state index contributed by atoms with van der Waals surface area (Å²) in [6.45, 7) is 1.90. The molecule has 3 aromatic rings. The molecular weight excluding hydrogens is 274 g/mol. The highest BCUT2D eigenvalue weighted by Crippen LogP contribution is 2.26. The Morgan fingerprint density at radius 3 is 2.75 bits per heavy atom. The summed E-state index contributed by atoms with van der Waals surface area (Å²) in [5.41, 5.74) is 5.40. The zero-order chi connectivity index (χ0) is 13.9. The van der Waals surface area contributed by atoms with E-state index in [1.165, 1.54) is 11.5 Å². The van der Waals surface area contributed by atoms with Crippen molar-refractivity contribution in [3.05, 3.63) is 52.8 Å². The molecule has 2 aromatic heterocycles. The summed E-state index contributed by atoms with van der Waals surface area (Å²) < 4.78 is 5.70. The second-order valence-electron chi connectivity index (χ2n) is 4.23. The van der Waals surface area contributed by atoms with Gasteiger partial charge in [-0.05, 0) is 30.6 Å². The Kier molecular flexibility index (Phi) is 3.50. The Labute approximate surface area is 119 Å². The molecule has 20 heavy (non-hydrogen) atoms. The molecule has 8 heteroatoms. The Morgan fingerprint density at radius 2 is 2.10 bits per heavy atom. The van der Waals surface area contributed by atoms with E-state index in [1.807, 2.05) is 37.3 Å². The minimum atomic E-state index is -0.245. The predicted molar refractivity (Wildman–Crippen MR) is 75.2 cm³/mol. The number of hydrogen-bond acceptors (Lipinski definition) is 7. The molecule has 0 fully saturated rings. The van der Waals surface area contributed by atoms with Crippen molar-refractivity contribution in [1.82, 2.24) is 30.0 Å². The maximum atomic E-state index is 5.70. The lowest BCUT2D eigenvalue weighted by atomic mass is 10.1. The third-order valence-electron chi connectivity index (χ3n) is 2.99. The van der Waals surface area contributed by atoms with E-state index in [1.54, 1.807) is 10.9 Å². The lowest BCUT2D eigenvalue weighted by Gasteiger charge is -2.15. The minimum absolute atomic E-state index is 0.245. The normalized spacial score (nSPS) is 12.5. The van der Waals surface area contributed by atoms with Crippen molar-refractivity contribution < 1.29 is 0 Å². The second-order valence-corrected chi connectivity index (χ2v) is 5.01. The Balaban J connectivity index is 2.07. The number of nitrogens with one attached hydrogen (secondary N) is 1. The smallest absolute Gasteiger partial charge is 0.103 e. The van der Waals surface area contributed by atoms with Crippen LogP contribution in [0.1, 0.15) is 22.3 Å². The van der Waals surface area contributed by atoms with Crippen LogP contribution in [0.3, 0.4) is 0 Å². The van der Waals surface area contributed by atoms with Crippen molar-refractivity contribution in [1.29, 1.82) is 0 Å². The highest BCUT2D eigenvalue weighted by molar-refractivity contribution is 7.05. The molecule has 1 aromatic carbocycles. The van der Waals surface area contributed by atoms with Crippen molar-refractivity contribution >= 4 is 11.5 Å². The molecule has 0 aliphatic carbocycles. The number of benzene rings is 1. The van der Waals surface area contributed by atoms with Gasteiger partial charge in [-0.25, -0.2) is 10.1 Å². The highest BCUT2D eigenvalue weighted by Gasteiger charge is 2.23. The molecule has 2 heterocycles. The summed E-state index contributed by atoms with van der Waals surface area (Å²) in [4.78, 5) is 0.951. The summed E-state index contributed by atoms with van der Waals surface area (Å²) in [6.07, 6.45) is 1.69. The van der Waals surface area contributed by atoms with E-state index in [0.717, 1.165) is 22.0 Å². The van der Waals surface area contributed by atoms with Gasteiger partial charge in [0.1, 0.15) is 6.04 Å². The fourth-order valence-electron chi connectivity index (χ4n) is 2.01. The average molecular weight is 287 g/mol. The van der Waals surface area contributed by atoms with Gasteiger partial charge in [-0.2, -0.15) is 0 Å². The van der Waals surface area contributed by atoms with Gasteiger partial charge in [0.25, 0.3) is 0 Å². The number of hydrazine groups is 1. The molecule has 0 spiro atoms. The summed E-state index contributed by atoms with van der Waals surface area (Å²) in [5, 5.41) is 12.1. The van der Waals surface area contributed by atoms with Crippen LogP contribution in [0.5, 0.6) is 0 Å². The lowest BCUT2D eigenvalue weighted by molar-refractivity contribution is 0.600. The van der Waals surface area contributed by atoms with E-state index < -0.39 is 0 Å². The van der Waals surface area contributed by atoms with E-state index in [4.69, 9.17) is 5.84 Å². The number of hydrogen-bond donors (Lipinski definition) is 2. The maximum Gasteiger partial charge on any atom is 0.103 e. The molecule has 0 saturated heterocycles. The van der Waals surface area contributed by atoms with Crippen LogP contribution in [0.4, 0.5) is 0 Å². The molecule has 7 nitrogen and oxygen atoms in total. The van der Waals surface area contributed by atoms with E-state index in [2.05, 4.69) is 25.3 Å². The Bertz CT molecular complexity index is 691. The van der Waals surface area contributed by atoms with Crippen LogP contribution in [0, 0.1) is 6.92 Å². The van der Waals surface area contributed by atoms with Crippen LogP contribution >= 0.6 is 11.5 Å². The summed E-state index contributed by atoms with van der Waals surface area (Å²) in [6, 6.07) is 9.53. The fourth-order valence-corrected chi connectivity index (χ4v) is 2.73. The Morgan fingerprint density at radius 1 is 1.30 bits per heavy atom. The number of rotatable bonds is 4. The third kappa shape index (κ3) is 2.20. The van der Waals surface area contributed by atoms with E-state index in [9.17, 15) is 0 Å². The monoisotopic (exact) mass is 287 g/mol. The maximum absolute atomic E-state index is 5.70. The predicted octanol–water partition coefficient (Wildman–Crippen LogP) is 0.980. The zero-order valence-electron chi connectivity index (χ0n) is 10.8. The summed E-state index contributed by atoms with van der Waals surface area (Å²) >= 11 is 1.31. The van der Waals surface area contributed by atoms with Gasteiger partial charge in [0.2, 0.25) is 0 Å². The molecule has 3 N–H and O–H groups in total. The van der Waals surface area contributed by atoms with Crippen molar-refractivity contribution in [2.75, 3.05) is 0 Å². The van der Waals surface area contributed by atoms with E-state index >= 15 is 0 Å². The molecule has 0 aliphatic rings. The molecule has 0 saturated carbocycles. The molecular formula is C12H13N7S. The standard InChI is InChI=1S/C12H13N7S/c1-8-12(20-18-16-8)11(15-13)10-7-14-17-19(10)9-5-3-2-4-6-9/h2-7,11,15H,13H2,1H3. The molecule has 102 valence electrons. The molecule has 3 rings (SSSR count). The van der Waals surface area contributed by atoms with Crippen molar-refractivity contribution in [3.8, 4) is 5.69 Å². The van der Waals surface area contributed by atoms with Crippen molar-refractivity contribution in [2.45, 2.75) is 13.0 Å². The number of para-hydroxylation sites is 1. The van der Waals surface area contributed by atoms with E-state index in [-0.39, 0.29) is 6.04 Å². The van der Waals surface area contributed by atoms with Gasteiger partial charge in [0, 0.05) is 0 Å². The van der Waals surface area contributed by atoms with Crippen LogP contribution in [0.2, 0.25) is 0 Å². The van der Waals surface area contributed by atoms with Crippen LogP contribution in [-0.2, 0) is 0 Å². The number of nitrogens with zero attached hydrogens (tertiary/aromatic N) is 5. The molecule has 1 atom stereocenters. The first-order chi connectivity index (χ1) is 9.81. The van der Waals surface area contributed by atoms with Gasteiger partial charge in [-0.15, -0.1) is 10.2 Å². The summed E-state index contributed by atoms with van der Waals surface area (Å²) in [5.74, 6) is 5.70. The molecule has 0 bridgehead atoms.